The van der Waals surface area contributed by atoms with E-state index in [9.17, 15) is 24.9 Å². The maximum atomic E-state index is 11.1. The number of aliphatic hydroxyl groups excluding tert-OH is 4. The molecule has 19 heavy (non-hydrogen) atoms. The molecule has 0 saturated carbocycles. The minimum atomic E-state index is -1.71. The van der Waals surface area contributed by atoms with Crippen LogP contribution in [0.4, 0.5) is 0 Å². The van der Waals surface area contributed by atoms with Crippen molar-refractivity contribution in [2.24, 2.45) is 11.7 Å². The fourth-order valence-electron chi connectivity index (χ4n) is 2.02. The Hall–Kier alpha value is -1.26. The highest BCUT2D eigenvalue weighted by Crippen LogP contribution is 2.27. The summed E-state index contributed by atoms with van der Waals surface area (Å²) in [5, 5.41) is 46.8. The van der Waals surface area contributed by atoms with Crippen molar-refractivity contribution < 1.29 is 39.9 Å². The Labute approximate surface area is 108 Å². The highest BCUT2D eigenvalue weighted by Gasteiger charge is 2.48. The second-order valence-electron chi connectivity index (χ2n) is 4.41. The van der Waals surface area contributed by atoms with E-state index >= 15 is 0 Å². The minimum Gasteiger partial charge on any atom is -0.481 e. The van der Waals surface area contributed by atoms with E-state index in [1.54, 1.807) is 0 Å². The number of primary amides is 1. The van der Waals surface area contributed by atoms with Crippen LogP contribution < -0.4 is 5.73 Å². The number of aliphatic carboxylic acids is 1. The van der Waals surface area contributed by atoms with Crippen molar-refractivity contribution in [3.8, 4) is 0 Å². The number of nitrogens with two attached hydrogens (primary N) is 1. The first-order valence-corrected chi connectivity index (χ1v) is 5.61. The van der Waals surface area contributed by atoms with Gasteiger partial charge in [-0.05, 0) is 0 Å². The van der Waals surface area contributed by atoms with E-state index in [2.05, 4.69) is 0 Å². The molecule has 1 aliphatic heterocycles. The molecule has 0 spiro atoms. The van der Waals surface area contributed by atoms with E-state index < -0.39 is 61.3 Å². The summed E-state index contributed by atoms with van der Waals surface area (Å²) in [6.07, 6.45) is -8.26. The van der Waals surface area contributed by atoms with Gasteiger partial charge in [-0.25, -0.2) is 0 Å². The third-order valence-corrected chi connectivity index (χ3v) is 3.06. The van der Waals surface area contributed by atoms with E-state index in [-0.39, 0.29) is 0 Å². The molecule has 1 fully saturated rings. The predicted octanol–water partition coefficient (Wildman–Crippen LogP) is -3.59. The number of hydrogen-bond acceptors (Lipinski definition) is 7. The number of hydrogen-bond donors (Lipinski definition) is 6. The number of carboxylic acids is 1. The second kappa shape index (κ2) is 6.26. The summed E-state index contributed by atoms with van der Waals surface area (Å²) in [5.74, 6) is -3.84. The number of carbonyl (C=O) groups excluding carboxylic acids is 1. The summed E-state index contributed by atoms with van der Waals surface area (Å²) in [6.45, 7) is -0.676. The van der Waals surface area contributed by atoms with E-state index in [4.69, 9.17) is 20.7 Å². The van der Waals surface area contributed by atoms with Crippen LogP contribution >= 0.6 is 0 Å². The molecule has 9 heteroatoms. The fourth-order valence-corrected chi connectivity index (χ4v) is 2.02. The van der Waals surface area contributed by atoms with Crippen molar-refractivity contribution in [1.29, 1.82) is 0 Å². The Morgan fingerprint density at radius 1 is 1.16 bits per heavy atom. The van der Waals surface area contributed by atoms with Gasteiger partial charge in [0.2, 0.25) is 5.91 Å². The Morgan fingerprint density at radius 3 is 2.16 bits per heavy atom. The van der Waals surface area contributed by atoms with Crippen LogP contribution in [0.5, 0.6) is 0 Å². The van der Waals surface area contributed by atoms with Crippen LogP contribution in [0.25, 0.3) is 0 Å². The van der Waals surface area contributed by atoms with Gasteiger partial charge >= 0.3 is 5.97 Å². The van der Waals surface area contributed by atoms with Gasteiger partial charge in [0.1, 0.15) is 30.5 Å². The SMILES string of the molecule is NC(=O)CC(C(=O)O)C1O[C@H](CO)[C@@H](O)[C@H](O)[C@H]1O. The molecule has 110 valence electrons. The van der Waals surface area contributed by atoms with Crippen LogP contribution in [0.3, 0.4) is 0 Å². The van der Waals surface area contributed by atoms with Crippen LogP contribution in [0.2, 0.25) is 0 Å². The maximum Gasteiger partial charge on any atom is 0.309 e. The van der Waals surface area contributed by atoms with E-state index in [0.29, 0.717) is 0 Å². The minimum absolute atomic E-state index is 0.599. The van der Waals surface area contributed by atoms with Gasteiger partial charge in [-0.3, -0.25) is 9.59 Å². The summed E-state index contributed by atoms with van der Waals surface area (Å²) in [6, 6.07) is 0. The van der Waals surface area contributed by atoms with Gasteiger partial charge in [0.15, 0.2) is 0 Å². The largest absolute Gasteiger partial charge is 0.481 e. The number of carbonyl (C=O) groups is 2. The van der Waals surface area contributed by atoms with Gasteiger partial charge in [-0.15, -0.1) is 0 Å². The zero-order valence-electron chi connectivity index (χ0n) is 9.92. The van der Waals surface area contributed by atoms with E-state index in [1.807, 2.05) is 0 Å². The zero-order valence-corrected chi connectivity index (χ0v) is 9.92. The van der Waals surface area contributed by atoms with Crippen LogP contribution in [-0.2, 0) is 14.3 Å². The topological polar surface area (TPSA) is 171 Å². The molecule has 0 aromatic carbocycles. The lowest BCUT2D eigenvalue weighted by Gasteiger charge is -2.41. The number of amides is 1. The van der Waals surface area contributed by atoms with Gasteiger partial charge in [0, 0.05) is 6.42 Å². The van der Waals surface area contributed by atoms with E-state index in [0.717, 1.165) is 0 Å². The van der Waals surface area contributed by atoms with Gasteiger partial charge in [0.25, 0.3) is 0 Å². The van der Waals surface area contributed by atoms with Gasteiger partial charge < -0.3 is 36.0 Å². The lowest BCUT2D eigenvalue weighted by molar-refractivity contribution is -0.242. The highest BCUT2D eigenvalue weighted by atomic mass is 16.5. The average Bonchev–Trinajstić information content (AvgIpc) is 2.34. The van der Waals surface area contributed by atoms with Crippen LogP contribution in [-0.4, -0.2) is 74.5 Å². The Balaban J connectivity index is 2.94. The standard InChI is InChI=1S/C10H17NO8/c11-5(13)1-3(10(17)18)9-8(16)7(15)6(14)4(2-12)19-9/h3-4,6-9,12,14-16H,1-2H2,(H2,11,13)(H,17,18)/t3?,4-,6-,7+,8-,9?/m1/s1. The number of carboxylic acid groups (broad SMARTS) is 1. The maximum absolute atomic E-state index is 11.1. The molecule has 1 aliphatic rings. The molecule has 1 saturated heterocycles. The summed E-state index contributed by atoms with van der Waals surface area (Å²) in [4.78, 5) is 21.9. The molecule has 0 aromatic rings. The van der Waals surface area contributed by atoms with Crippen LogP contribution in [0.1, 0.15) is 6.42 Å². The molecule has 6 atom stereocenters. The molecule has 7 N–H and O–H groups in total. The van der Waals surface area contributed by atoms with Crippen molar-refractivity contribution in [3.63, 3.8) is 0 Å². The molecule has 0 bridgehead atoms. The monoisotopic (exact) mass is 279 g/mol. The third kappa shape index (κ3) is 3.39. The van der Waals surface area contributed by atoms with Gasteiger partial charge in [-0.2, -0.15) is 0 Å². The summed E-state index contributed by atoms with van der Waals surface area (Å²) >= 11 is 0. The quantitative estimate of drug-likeness (QED) is 0.299. The molecule has 0 aliphatic carbocycles. The van der Waals surface area contributed by atoms with Crippen molar-refractivity contribution in [2.45, 2.75) is 36.9 Å². The molecule has 9 nitrogen and oxygen atoms in total. The van der Waals surface area contributed by atoms with E-state index in [1.165, 1.54) is 0 Å². The first-order valence-electron chi connectivity index (χ1n) is 5.61. The summed E-state index contributed by atoms with van der Waals surface area (Å²) in [5.41, 5.74) is 4.91. The molecule has 0 aromatic heterocycles. The second-order valence-corrected chi connectivity index (χ2v) is 4.41. The van der Waals surface area contributed by atoms with Crippen LogP contribution in [0.15, 0.2) is 0 Å². The Morgan fingerprint density at radius 2 is 1.74 bits per heavy atom. The fraction of sp³-hybridized carbons (Fsp3) is 0.800. The molecular weight excluding hydrogens is 262 g/mol. The first kappa shape index (κ1) is 15.8. The Kier molecular flexibility index (Phi) is 5.20. The first-order chi connectivity index (χ1) is 8.79. The average molecular weight is 279 g/mol. The normalized spacial score (nSPS) is 36.7. The van der Waals surface area contributed by atoms with Crippen molar-refractivity contribution in [1.82, 2.24) is 0 Å². The lowest BCUT2D eigenvalue weighted by Crippen LogP contribution is -2.61. The molecular formula is C10H17NO8. The smallest absolute Gasteiger partial charge is 0.309 e. The number of ether oxygens (including phenoxy) is 1. The molecule has 2 unspecified atom stereocenters. The highest BCUT2D eigenvalue weighted by molar-refractivity contribution is 5.81. The van der Waals surface area contributed by atoms with Crippen molar-refractivity contribution in [2.75, 3.05) is 6.61 Å². The summed E-state index contributed by atoms with van der Waals surface area (Å²) in [7, 11) is 0. The van der Waals surface area contributed by atoms with Gasteiger partial charge in [0.05, 0.1) is 12.5 Å². The molecule has 1 heterocycles. The van der Waals surface area contributed by atoms with Crippen molar-refractivity contribution >= 4 is 11.9 Å². The van der Waals surface area contributed by atoms with Crippen LogP contribution in [0, 0.1) is 5.92 Å². The zero-order chi connectivity index (χ0) is 14.7. The van der Waals surface area contributed by atoms with Gasteiger partial charge in [-0.1, -0.05) is 0 Å². The number of aliphatic hydroxyl groups is 4. The number of rotatable bonds is 5. The molecule has 1 rings (SSSR count). The lowest BCUT2D eigenvalue weighted by atomic mass is 9.86. The summed E-state index contributed by atoms with van der Waals surface area (Å²) < 4.78 is 5.06. The predicted molar refractivity (Wildman–Crippen MR) is 58.7 cm³/mol. The Bertz CT molecular complexity index is 346. The molecule has 1 amide bonds. The molecule has 0 radical (unpaired) electrons. The third-order valence-electron chi connectivity index (χ3n) is 3.06. The van der Waals surface area contributed by atoms with Crippen molar-refractivity contribution in [3.05, 3.63) is 0 Å².